The van der Waals surface area contributed by atoms with Crippen LogP contribution in [0.15, 0.2) is 89.6 Å². The molecule has 3 saturated heterocycles. The van der Waals surface area contributed by atoms with Crippen molar-refractivity contribution in [2.45, 2.75) is 89.7 Å². The number of fused-ring (bicyclic) bond motifs is 1. The van der Waals surface area contributed by atoms with Gasteiger partial charge in [-0.15, -0.1) is 0 Å². The van der Waals surface area contributed by atoms with Crippen molar-refractivity contribution >= 4 is 63.1 Å². The van der Waals surface area contributed by atoms with Gasteiger partial charge in [0.1, 0.15) is 5.65 Å². The van der Waals surface area contributed by atoms with E-state index in [0.29, 0.717) is 35.2 Å². The van der Waals surface area contributed by atoms with Crippen LogP contribution in [-0.4, -0.2) is 121 Å². The number of pyridine rings is 1. The Balaban J connectivity index is 0.865. The molecule has 0 bridgehead atoms. The molecule has 1 aliphatic carbocycles. The summed E-state index contributed by atoms with van der Waals surface area (Å²) in [5, 5.41) is 5.59. The third kappa shape index (κ3) is 10.9. The standard InChI is InChI=1S/C53H68ClN9O2S/c1-6-38-26-46(27-49(55)50(38)58-35(2)30-61-19-22-63(36(3)31-61)45-33-65-34-45)66-59-52(64)48-12-11-44(25-41(48)24-37-23-40-14-16-56-51(40)57-29-37)62-20-17-60(18-21-62)32-42-28-53(4,5)15-13-47(42)39-7-9-43(54)10-8-39/h7-12,14,16,23,25-27,29,35-36,45,58H,6,13,15,17-22,24,28,30-34,55H2,1-5H3,(H,56,57)(H,59,64)/t35-,36+/m0/s1. The first kappa shape index (κ1) is 46.5. The van der Waals surface area contributed by atoms with E-state index in [-0.39, 0.29) is 11.9 Å². The van der Waals surface area contributed by atoms with Gasteiger partial charge in [-0.2, -0.15) is 0 Å². The predicted molar refractivity (Wildman–Crippen MR) is 274 cm³/mol. The quantitative estimate of drug-likeness (QED) is 0.0598. The summed E-state index contributed by atoms with van der Waals surface area (Å²) in [4.78, 5) is 33.3. The molecule has 5 N–H and O–H groups in total. The maximum atomic E-state index is 14.2. The number of benzene rings is 3. The molecule has 2 aromatic heterocycles. The SMILES string of the molecule is CCc1cc(SNC(=O)c2ccc(N3CCN(CC4=C(c5ccc(Cl)cc5)CCC(C)(C)C4)CC3)cc2Cc2cnc3[nH]ccc3c2)cc(N)c1N[C@@H](C)CN1CCN(C2COC2)[C@H](C)C1. The molecule has 13 heteroatoms. The molecule has 4 aliphatic rings. The molecule has 0 saturated carbocycles. The van der Waals surface area contributed by atoms with E-state index in [0.717, 1.165) is 140 Å². The van der Waals surface area contributed by atoms with Crippen LogP contribution < -0.4 is 20.7 Å². The number of aryl methyl sites for hydroxylation is 1. The van der Waals surface area contributed by atoms with Gasteiger partial charge in [0.25, 0.3) is 5.91 Å². The van der Waals surface area contributed by atoms with E-state index in [1.807, 2.05) is 42.7 Å². The number of ether oxygens (including phenoxy) is 1. The van der Waals surface area contributed by atoms with Crippen LogP contribution in [0.25, 0.3) is 16.6 Å². The van der Waals surface area contributed by atoms with E-state index in [1.165, 1.54) is 29.5 Å². The van der Waals surface area contributed by atoms with Crippen LogP contribution in [0.4, 0.5) is 17.1 Å². The fourth-order valence-corrected chi connectivity index (χ4v) is 11.5. The van der Waals surface area contributed by atoms with Crippen LogP contribution in [0.5, 0.6) is 0 Å². The topological polar surface area (TPSA) is 118 Å². The summed E-state index contributed by atoms with van der Waals surface area (Å²) in [6.45, 7) is 22.2. The molecule has 11 nitrogen and oxygen atoms in total. The number of anilines is 3. The molecular weight excluding hydrogens is 862 g/mol. The molecular formula is C53H68ClN9O2S. The third-order valence-corrected chi connectivity index (χ3v) is 15.4. The summed E-state index contributed by atoms with van der Waals surface area (Å²) in [5.74, 6) is -0.131. The van der Waals surface area contributed by atoms with E-state index in [2.05, 4.69) is 111 Å². The number of carbonyl (C=O) groups excluding carboxylic acids is 1. The second-order valence-electron chi connectivity index (χ2n) is 20.0. The number of amides is 1. The van der Waals surface area contributed by atoms with Crippen molar-refractivity contribution in [3.63, 3.8) is 0 Å². The van der Waals surface area contributed by atoms with Crippen molar-refractivity contribution < 1.29 is 9.53 Å². The molecule has 5 heterocycles. The molecule has 9 rings (SSSR count). The number of hydrogen-bond donors (Lipinski definition) is 4. The second-order valence-corrected chi connectivity index (χ2v) is 21.3. The van der Waals surface area contributed by atoms with Crippen LogP contribution in [0.3, 0.4) is 0 Å². The Bertz CT molecular complexity index is 2530. The molecule has 3 aliphatic heterocycles. The number of halogens is 1. The second kappa shape index (κ2) is 20.3. The number of nitrogen functional groups attached to an aromatic ring is 1. The largest absolute Gasteiger partial charge is 0.397 e. The van der Waals surface area contributed by atoms with Crippen LogP contribution in [0, 0.1) is 5.41 Å². The Hall–Kier alpha value is -4.56. The van der Waals surface area contributed by atoms with E-state index >= 15 is 0 Å². The molecule has 2 atom stereocenters. The van der Waals surface area contributed by atoms with Gasteiger partial charge in [0.05, 0.1) is 30.6 Å². The Kier molecular flexibility index (Phi) is 14.4. The van der Waals surface area contributed by atoms with E-state index in [9.17, 15) is 4.79 Å². The number of carbonyl (C=O) groups is 1. The molecule has 350 valence electrons. The minimum absolute atomic E-state index is 0.131. The molecule has 0 spiro atoms. The summed E-state index contributed by atoms with van der Waals surface area (Å²) >= 11 is 7.61. The highest BCUT2D eigenvalue weighted by atomic mass is 35.5. The third-order valence-electron chi connectivity index (χ3n) is 14.3. The summed E-state index contributed by atoms with van der Waals surface area (Å²) in [5.41, 5.74) is 19.0. The van der Waals surface area contributed by atoms with Crippen molar-refractivity contribution in [3.05, 3.63) is 118 Å². The molecule has 5 aromatic rings. The Morgan fingerprint density at radius 1 is 1.00 bits per heavy atom. The van der Waals surface area contributed by atoms with Gasteiger partial charge < -0.3 is 25.7 Å². The van der Waals surface area contributed by atoms with Gasteiger partial charge in [0, 0.05) is 110 Å². The van der Waals surface area contributed by atoms with E-state index in [4.69, 9.17) is 22.1 Å². The summed E-state index contributed by atoms with van der Waals surface area (Å²) in [7, 11) is 0. The highest BCUT2D eigenvalue weighted by molar-refractivity contribution is 7.98. The lowest BCUT2D eigenvalue weighted by atomic mass is 9.73. The van der Waals surface area contributed by atoms with Gasteiger partial charge in [-0.1, -0.05) is 50.1 Å². The molecule has 0 radical (unpaired) electrons. The van der Waals surface area contributed by atoms with Crippen molar-refractivity contribution in [1.29, 1.82) is 0 Å². The fourth-order valence-electron chi connectivity index (χ4n) is 10.7. The summed E-state index contributed by atoms with van der Waals surface area (Å²) in [6.07, 6.45) is 8.65. The lowest BCUT2D eigenvalue weighted by Crippen LogP contribution is -2.61. The van der Waals surface area contributed by atoms with Gasteiger partial charge in [-0.25, -0.2) is 4.98 Å². The number of aromatic amines is 1. The highest BCUT2D eigenvalue weighted by Gasteiger charge is 2.34. The zero-order chi connectivity index (χ0) is 46.0. The maximum Gasteiger partial charge on any atom is 0.261 e. The Morgan fingerprint density at radius 2 is 1.79 bits per heavy atom. The highest BCUT2D eigenvalue weighted by Crippen LogP contribution is 2.43. The molecule has 66 heavy (non-hydrogen) atoms. The molecule has 1 amide bonds. The van der Waals surface area contributed by atoms with Crippen molar-refractivity contribution in [3.8, 4) is 0 Å². The van der Waals surface area contributed by atoms with Crippen molar-refractivity contribution in [1.82, 2.24) is 29.4 Å². The number of rotatable bonds is 15. The number of allylic oxidation sites excluding steroid dienone is 1. The van der Waals surface area contributed by atoms with Crippen molar-refractivity contribution in [2.24, 2.45) is 5.41 Å². The van der Waals surface area contributed by atoms with Crippen LogP contribution in [-0.2, 0) is 17.6 Å². The maximum absolute atomic E-state index is 14.2. The fraction of sp³-hybridized carbons (Fsp3) is 0.472. The van der Waals surface area contributed by atoms with Crippen LogP contribution in [0.1, 0.15) is 86.5 Å². The summed E-state index contributed by atoms with van der Waals surface area (Å²) < 4.78 is 8.65. The number of nitrogens with zero attached hydrogens (tertiary/aromatic N) is 5. The summed E-state index contributed by atoms with van der Waals surface area (Å²) in [6, 6.07) is 24.4. The first-order valence-corrected chi connectivity index (χ1v) is 25.3. The predicted octanol–water partition coefficient (Wildman–Crippen LogP) is 9.38. The number of hydrogen-bond acceptors (Lipinski definition) is 10. The average molecular weight is 931 g/mol. The van der Waals surface area contributed by atoms with E-state index in [1.54, 1.807) is 5.57 Å². The smallest absolute Gasteiger partial charge is 0.261 e. The van der Waals surface area contributed by atoms with Gasteiger partial charge in [0.15, 0.2) is 0 Å². The average Bonchev–Trinajstić information content (AvgIpc) is 3.75. The van der Waals surface area contributed by atoms with Gasteiger partial charge in [-0.05, 0) is 146 Å². The number of nitrogens with two attached hydrogens (primary N) is 1. The lowest BCUT2D eigenvalue weighted by Gasteiger charge is -2.47. The number of nitrogens with one attached hydrogen (secondary N) is 3. The van der Waals surface area contributed by atoms with Gasteiger partial charge in [0.2, 0.25) is 0 Å². The number of piperazine rings is 2. The lowest BCUT2D eigenvalue weighted by molar-refractivity contribution is -0.0933. The number of aromatic nitrogens is 2. The molecule has 3 aromatic carbocycles. The normalized spacial score (nSPS) is 20.4. The molecule has 3 fully saturated rings. The Morgan fingerprint density at radius 3 is 2.53 bits per heavy atom. The first-order chi connectivity index (χ1) is 31.9. The Labute approximate surface area is 401 Å². The zero-order valence-corrected chi connectivity index (χ0v) is 41.0. The van der Waals surface area contributed by atoms with E-state index < -0.39 is 0 Å². The van der Waals surface area contributed by atoms with Crippen LogP contribution >= 0.6 is 23.5 Å². The minimum atomic E-state index is -0.131. The van der Waals surface area contributed by atoms with Crippen molar-refractivity contribution in [2.75, 3.05) is 88.1 Å². The zero-order valence-electron chi connectivity index (χ0n) is 39.5. The van der Waals surface area contributed by atoms with Gasteiger partial charge >= 0.3 is 0 Å². The van der Waals surface area contributed by atoms with Gasteiger partial charge in [-0.3, -0.25) is 24.2 Å². The number of H-pyrrole nitrogens is 1. The monoisotopic (exact) mass is 929 g/mol. The molecule has 0 unspecified atom stereocenters. The minimum Gasteiger partial charge on any atom is -0.397 e. The first-order valence-electron chi connectivity index (χ1n) is 24.1. The van der Waals surface area contributed by atoms with Crippen LogP contribution in [0.2, 0.25) is 5.02 Å².